The van der Waals surface area contributed by atoms with Crippen LogP contribution in [0.1, 0.15) is 37.9 Å². The van der Waals surface area contributed by atoms with Gasteiger partial charge in [0, 0.05) is 31.4 Å². The number of hydrogen-bond donors (Lipinski definition) is 4. The van der Waals surface area contributed by atoms with E-state index in [4.69, 9.17) is 5.11 Å². The predicted octanol–water partition coefficient (Wildman–Crippen LogP) is 1.28. The summed E-state index contributed by atoms with van der Waals surface area (Å²) in [6.45, 7) is 0.571. The van der Waals surface area contributed by atoms with Gasteiger partial charge in [0.2, 0.25) is 0 Å². The van der Waals surface area contributed by atoms with Gasteiger partial charge in [-0.2, -0.15) is 0 Å². The monoisotopic (exact) mass is 294 g/mol. The molecule has 7 nitrogen and oxygen atoms in total. The quantitative estimate of drug-likeness (QED) is 0.593. The first-order valence-electron chi connectivity index (χ1n) is 7.40. The molecule has 7 heteroatoms. The van der Waals surface area contributed by atoms with Gasteiger partial charge in [-0.1, -0.05) is 6.42 Å². The van der Waals surface area contributed by atoms with E-state index in [1.807, 2.05) is 0 Å². The highest BCUT2D eigenvalue weighted by molar-refractivity contribution is 5.74. The number of nitrogens with zero attached hydrogens (tertiary/aromatic N) is 1. The van der Waals surface area contributed by atoms with Crippen molar-refractivity contribution in [2.45, 2.75) is 44.6 Å². The molecule has 2 amide bonds. The highest BCUT2D eigenvalue weighted by Gasteiger charge is 2.27. The molecule has 0 aliphatic heterocycles. The Morgan fingerprint density at radius 3 is 3.00 bits per heavy atom. The van der Waals surface area contributed by atoms with Crippen LogP contribution in [0.15, 0.2) is 12.4 Å². The Morgan fingerprint density at radius 1 is 1.43 bits per heavy atom. The molecule has 0 aromatic carbocycles. The number of imidazole rings is 1. The van der Waals surface area contributed by atoms with E-state index < -0.39 is 5.97 Å². The van der Waals surface area contributed by atoms with Crippen LogP contribution in [0, 0.1) is 5.92 Å². The molecule has 4 N–H and O–H groups in total. The van der Waals surface area contributed by atoms with E-state index in [-0.39, 0.29) is 18.0 Å². The van der Waals surface area contributed by atoms with Crippen LogP contribution in [0.3, 0.4) is 0 Å². The van der Waals surface area contributed by atoms with Gasteiger partial charge in [-0.05, 0) is 25.7 Å². The minimum Gasteiger partial charge on any atom is -0.481 e. The molecule has 1 aromatic rings. The lowest BCUT2D eigenvalue weighted by atomic mass is 9.86. The molecule has 0 radical (unpaired) electrons. The largest absolute Gasteiger partial charge is 0.481 e. The van der Waals surface area contributed by atoms with E-state index in [9.17, 15) is 9.59 Å². The number of carboxylic acid groups (broad SMARTS) is 1. The standard InChI is InChI=1S/C14H22N4O3/c19-13(20)10-3-1-4-11(9-10)18-14(21)17-6-2-5-12-15-7-8-16-12/h7-8,10-11H,1-6,9H2,(H,15,16)(H,19,20)(H2,17,18,21). The van der Waals surface area contributed by atoms with E-state index in [1.165, 1.54) is 0 Å². The summed E-state index contributed by atoms with van der Waals surface area (Å²) in [6, 6.07) is -0.254. The molecule has 2 atom stereocenters. The molecule has 0 bridgehead atoms. The van der Waals surface area contributed by atoms with Crippen LogP contribution in [0.2, 0.25) is 0 Å². The molecule has 2 rings (SSSR count). The van der Waals surface area contributed by atoms with Crippen molar-refractivity contribution < 1.29 is 14.7 Å². The van der Waals surface area contributed by atoms with E-state index >= 15 is 0 Å². The van der Waals surface area contributed by atoms with Gasteiger partial charge in [0.05, 0.1) is 5.92 Å². The zero-order chi connectivity index (χ0) is 15.1. The van der Waals surface area contributed by atoms with E-state index in [0.717, 1.165) is 31.5 Å². The third kappa shape index (κ3) is 5.09. The topological polar surface area (TPSA) is 107 Å². The van der Waals surface area contributed by atoms with Crippen LogP contribution in [-0.4, -0.2) is 39.7 Å². The maximum atomic E-state index is 11.8. The van der Waals surface area contributed by atoms with Gasteiger partial charge in [-0.3, -0.25) is 4.79 Å². The molecule has 1 heterocycles. The van der Waals surface area contributed by atoms with Crippen molar-refractivity contribution in [3.05, 3.63) is 18.2 Å². The first kappa shape index (κ1) is 15.3. The van der Waals surface area contributed by atoms with Crippen LogP contribution >= 0.6 is 0 Å². The Balaban J connectivity index is 1.61. The first-order valence-corrected chi connectivity index (χ1v) is 7.40. The van der Waals surface area contributed by atoms with Gasteiger partial charge in [0.15, 0.2) is 0 Å². The van der Waals surface area contributed by atoms with Crippen molar-refractivity contribution in [1.29, 1.82) is 0 Å². The number of amides is 2. The molecule has 116 valence electrons. The van der Waals surface area contributed by atoms with Crippen molar-refractivity contribution in [1.82, 2.24) is 20.6 Å². The lowest BCUT2D eigenvalue weighted by Gasteiger charge is -2.27. The van der Waals surface area contributed by atoms with Crippen molar-refractivity contribution in [2.75, 3.05) is 6.54 Å². The fourth-order valence-electron chi connectivity index (χ4n) is 2.67. The maximum Gasteiger partial charge on any atom is 0.315 e. The lowest BCUT2D eigenvalue weighted by Crippen LogP contribution is -2.45. The van der Waals surface area contributed by atoms with Gasteiger partial charge in [-0.25, -0.2) is 9.78 Å². The highest BCUT2D eigenvalue weighted by atomic mass is 16.4. The van der Waals surface area contributed by atoms with Crippen molar-refractivity contribution in [3.8, 4) is 0 Å². The maximum absolute atomic E-state index is 11.8. The fraction of sp³-hybridized carbons (Fsp3) is 0.643. The summed E-state index contributed by atoms with van der Waals surface area (Å²) in [7, 11) is 0. The number of carboxylic acids is 1. The molecule has 0 saturated heterocycles. The summed E-state index contributed by atoms with van der Waals surface area (Å²) in [5, 5.41) is 14.7. The minimum atomic E-state index is -0.764. The molecule has 2 unspecified atom stereocenters. The number of carbonyl (C=O) groups excluding carboxylic acids is 1. The summed E-state index contributed by atoms with van der Waals surface area (Å²) in [5.41, 5.74) is 0. The highest BCUT2D eigenvalue weighted by Crippen LogP contribution is 2.24. The summed E-state index contributed by atoms with van der Waals surface area (Å²) < 4.78 is 0. The number of carbonyl (C=O) groups is 2. The molecule has 1 aromatic heterocycles. The van der Waals surface area contributed by atoms with Gasteiger partial charge < -0.3 is 20.7 Å². The zero-order valence-corrected chi connectivity index (χ0v) is 12.0. The van der Waals surface area contributed by atoms with Crippen molar-refractivity contribution in [3.63, 3.8) is 0 Å². The second-order valence-corrected chi connectivity index (χ2v) is 5.44. The molecule has 21 heavy (non-hydrogen) atoms. The summed E-state index contributed by atoms with van der Waals surface area (Å²) in [4.78, 5) is 29.9. The van der Waals surface area contributed by atoms with E-state index in [1.54, 1.807) is 12.4 Å². The molecule has 0 spiro atoms. The number of aromatic amines is 1. The summed E-state index contributed by atoms with van der Waals surface area (Å²) in [5.74, 6) is -0.183. The van der Waals surface area contributed by atoms with Gasteiger partial charge in [0.1, 0.15) is 5.82 Å². The predicted molar refractivity (Wildman–Crippen MR) is 76.8 cm³/mol. The van der Waals surface area contributed by atoms with Crippen LogP contribution < -0.4 is 10.6 Å². The van der Waals surface area contributed by atoms with E-state index in [0.29, 0.717) is 19.4 Å². The molecule has 1 fully saturated rings. The first-order chi connectivity index (χ1) is 10.1. The third-order valence-electron chi connectivity index (χ3n) is 3.79. The van der Waals surface area contributed by atoms with Gasteiger partial charge >= 0.3 is 12.0 Å². The van der Waals surface area contributed by atoms with Crippen molar-refractivity contribution >= 4 is 12.0 Å². The normalized spacial score (nSPS) is 21.7. The number of H-pyrrole nitrogens is 1. The second-order valence-electron chi connectivity index (χ2n) is 5.44. The Bertz CT molecular complexity index is 461. The molecule has 1 saturated carbocycles. The second kappa shape index (κ2) is 7.66. The Kier molecular flexibility index (Phi) is 5.59. The third-order valence-corrected chi connectivity index (χ3v) is 3.79. The fourth-order valence-corrected chi connectivity index (χ4v) is 2.67. The lowest BCUT2D eigenvalue weighted by molar-refractivity contribution is -0.143. The average molecular weight is 294 g/mol. The SMILES string of the molecule is O=C(NCCCc1ncc[nH]1)NC1CCCC(C(=O)O)C1. The van der Waals surface area contributed by atoms with Crippen LogP contribution in [-0.2, 0) is 11.2 Å². The minimum absolute atomic E-state index is 0.0371. The van der Waals surface area contributed by atoms with Crippen LogP contribution in [0.25, 0.3) is 0 Å². The number of rotatable bonds is 6. The number of hydrogen-bond acceptors (Lipinski definition) is 3. The summed E-state index contributed by atoms with van der Waals surface area (Å²) >= 11 is 0. The Morgan fingerprint density at radius 2 is 2.29 bits per heavy atom. The molecular weight excluding hydrogens is 272 g/mol. The smallest absolute Gasteiger partial charge is 0.315 e. The molecule has 1 aliphatic carbocycles. The number of urea groups is 1. The average Bonchev–Trinajstić information content (AvgIpc) is 2.97. The summed E-state index contributed by atoms with van der Waals surface area (Å²) in [6.07, 6.45) is 8.01. The molecular formula is C14H22N4O3. The number of aliphatic carboxylic acids is 1. The Labute approximate surface area is 123 Å². The van der Waals surface area contributed by atoms with E-state index in [2.05, 4.69) is 20.6 Å². The molecule has 1 aliphatic rings. The number of nitrogens with one attached hydrogen (secondary N) is 3. The Hall–Kier alpha value is -2.05. The van der Waals surface area contributed by atoms with Gasteiger partial charge in [0.25, 0.3) is 0 Å². The zero-order valence-electron chi connectivity index (χ0n) is 12.0. The van der Waals surface area contributed by atoms with Crippen LogP contribution in [0.5, 0.6) is 0 Å². The van der Waals surface area contributed by atoms with Crippen LogP contribution in [0.4, 0.5) is 4.79 Å². The van der Waals surface area contributed by atoms with Crippen molar-refractivity contribution in [2.24, 2.45) is 5.92 Å². The number of aromatic nitrogens is 2. The number of aryl methyl sites for hydroxylation is 1. The van der Waals surface area contributed by atoms with Gasteiger partial charge in [-0.15, -0.1) is 0 Å².